The van der Waals surface area contributed by atoms with Crippen molar-refractivity contribution in [3.63, 3.8) is 0 Å². The summed E-state index contributed by atoms with van der Waals surface area (Å²) in [4.78, 5) is 0.344. The molecule has 0 amide bonds. The Morgan fingerprint density at radius 1 is 0.944 bits per heavy atom. The third-order valence-corrected chi connectivity index (χ3v) is 6.08. The molecule has 0 radical (unpaired) electrons. The number of aliphatic hydroxyl groups excluding tert-OH is 1. The lowest BCUT2D eigenvalue weighted by Crippen LogP contribution is -2.10. The highest BCUT2D eigenvalue weighted by atomic mass is 35.7. The number of likely N-dealkylation sites (N-methyl/N-ethyl adjacent to an activating group) is 1. The Labute approximate surface area is 222 Å². The molecular formula is C25H41ClN2O6S2. The van der Waals surface area contributed by atoms with Crippen molar-refractivity contribution in [3.8, 4) is 0 Å². The van der Waals surface area contributed by atoms with E-state index in [2.05, 4.69) is 29.6 Å². The van der Waals surface area contributed by atoms with Gasteiger partial charge < -0.3 is 16.2 Å². The molecule has 0 aliphatic carbocycles. The Balaban J connectivity index is -0.000000419. The second-order valence-corrected chi connectivity index (χ2v) is 10.5. The summed E-state index contributed by atoms with van der Waals surface area (Å²) in [7, 11) is -2.03. The molecule has 0 bridgehead atoms. The molecule has 36 heavy (non-hydrogen) atoms. The van der Waals surface area contributed by atoms with Crippen molar-refractivity contribution in [2.24, 2.45) is 5.73 Å². The maximum Gasteiger partial charge on any atom is 0.296 e. The predicted molar refractivity (Wildman–Crippen MR) is 150 cm³/mol. The monoisotopic (exact) mass is 564 g/mol. The number of nitrogens with two attached hydrogens (primary N) is 1. The van der Waals surface area contributed by atoms with Crippen molar-refractivity contribution in [3.05, 3.63) is 85.5 Å². The van der Waals surface area contributed by atoms with Crippen LogP contribution in [0.2, 0.25) is 0 Å². The van der Waals surface area contributed by atoms with E-state index in [4.69, 9.17) is 21.5 Å². The first-order chi connectivity index (χ1) is 16.9. The molecule has 0 atom stereocenters. The Morgan fingerprint density at radius 3 is 1.69 bits per heavy atom. The fourth-order valence-electron chi connectivity index (χ4n) is 1.76. The lowest BCUT2D eigenvalue weighted by atomic mass is 10.2. The Morgan fingerprint density at radius 2 is 1.42 bits per heavy atom. The van der Waals surface area contributed by atoms with Crippen LogP contribution in [0.15, 0.2) is 89.7 Å². The standard InChI is InChI=1S/C9H12O3S.C6H5ClO2S.C5H11N.C3H7N.C2H6O/c1-3-12-13(10,11)9-6-4-8(2)5-7-9;7-10(8,9)6-4-2-1-3-5-6;1-3-5-6-4-2;1-2-3-4;1-2-3/h4-7H,3H2,1-2H3;1-5H;3,6H,1,4-5H2,2H3;2H,1,3-4H2;3H,2H2,1H3. The van der Waals surface area contributed by atoms with Gasteiger partial charge in [-0.05, 0) is 51.6 Å². The van der Waals surface area contributed by atoms with Gasteiger partial charge in [-0.2, -0.15) is 8.42 Å². The normalized spacial score (nSPS) is 9.86. The third-order valence-electron chi connectivity index (χ3n) is 3.31. The summed E-state index contributed by atoms with van der Waals surface area (Å²) in [6.07, 6.45) is 3.50. The zero-order valence-corrected chi connectivity index (χ0v) is 23.9. The molecule has 11 heteroatoms. The minimum Gasteiger partial charge on any atom is -0.397 e. The second kappa shape index (κ2) is 24.6. The summed E-state index contributed by atoms with van der Waals surface area (Å²) in [5.41, 5.74) is 5.93. The minimum absolute atomic E-state index is 0.136. The molecule has 0 saturated carbocycles. The van der Waals surface area contributed by atoms with E-state index in [1.54, 1.807) is 62.4 Å². The van der Waals surface area contributed by atoms with Crippen LogP contribution in [0.5, 0.6) is 0 Å². The van der Waals surface area contributed by atoms with Gasteiger partial charge in [0, 0.05) is 30.4 Å². The van der Waals surface area contributed by atoms with E-state index in [0.717, 1.165) is 18.7 Å². The largest absolute Gasteiger partial charge is 0.397 e. The predicted octanol–water partition coefficient (Wildman–Crippen LogP) is 4.25. The van der Waals surface area contributed by atoms with E-state index < -0.39 is 19.2 Å². The third kappa shape index (κ3) is 23.7. The van der Waals surface area contributed by atoms with Crippen LogP contribution in [0.1, 0.15) is 26.3 Å². The second-order valence-electron chi connectivity index (χ2n) is 6.36. The molecule has 0 aromatic heterocycles. The number of nitrogens with one attached hydrogen (secondary N) is 1. The molecule has 2 rings (SSSR count). The van der Waals surface area contributed by atoms with E-state index in [1.807, 2.05) is 13.0 Å². The first kappa shape index (κ1) is 38.5. The van der Waals surface area contributed by atoms with Gasteiger partial charge in [-0.15, -0.1) is 13.2 Å². The molecule has 8 nitrogen and oxygen atoms in total. The van der Waals surface area contributed by atoms with Crippen LogP contribution in [0.25, 0.3) is 0 Å². The zero-order valence-electron chi connectivity index (χ0n) is 21.6. The van der Waals surface area contributed by atoms with Gasteiger partial charge in [0.15, 0.2) is 0 Å². The molecule has 0 heterocycles. The van der Waals surface area contributed by atoms with Crippen LogP contribution in [-0.4, -0.2) is 54.8 Å². The summed E-state index contributed by atoms with van der Waals surface area (Å²) < 4.78 is 48.5. The van der Waals surface area contributed by atoms with Crippen molar-refractivity contribution in [1.82, 2.24) is 5.32 Å². The summed E-state index contributed by atoms with van der Waals surface area (Å²) in [6.45, 7) is 17.1. The summed E-state index contributed by atoms with van der Waals surface area (Å²) in [5.74, 6) is 0. The molecule has 206 valence electrons. The van der Waals surface area contributed by atoms with E-state index in [-0.39, 0.29) is 23.0 Å². The molecule has 0 spiro atoms. The molecule has 0 saturated heterocycles. The van der Waals surface area contributed by atoms with Crippen LogP contribution in [0, 0.1) is 6.92 Å². The lowest BCUT2D eigenvalue weighted by Gasteiger charge is -2.02. The Bertz CT molecular complexity index is 999. The molecule has 4 N–H and O–H groups in total. The van der Waals surface area contributed by atoms with E-state index in [9.17, 15) is 16.8 Å². The van der Waals surface area contributed by atoms with Gasteiger partial charge in [-0.1, -0.05) is 55.0 Å². The Hall–Kier alpha value is -2.05. The number of aryl methyl sites for hydroxylation is 1. The molecular weight excluding hydrogens is 524 g/mol. The fourth-order valence-corrected chi connectivity index (χ4v) is 3.46. The first-order valence-electron chi connectivity index (χ1n) is 11.1. The topological polar surface area (TPSA) is 136 Å². The summed E-state index contributed by atoms with van der Waals surface area (Å²) >= 11 is 0. The first-order valence-corrected chi connectivity index (χ1v) is 14.8. The van der Waals surface area contributed by atoms with Gasteiger partial charge in [0.05, 0.1) is 16.4 Å². The van der Waals surface area contributed by atoms with Crippen LogP contribution < -0.4 is 11.1 Å². The molecule has 2 aromatic rings. The van der Waals surface area contributed by atoms with E-state index in [1.165, 1.54) is 12.1 Å². The quantitative estimate of drug-likeness (QED) is 0.187. The Kier molecular flexibility index (Phi) is 26.3. The number of benzene rings is 2. The average Bonchev–Trinajstić information content (AvgIpc) is 2.84. The number of hydrogen-bond donors (Lipinski definition) is 3. The van der Waals surface area contributed by atoms with Gasteiger partial charge in [0.1, 0.15) is 0 Å². The number of aliphatic hydroxyl groups is 1. The zero-order chi connectivity index (χ0) is 28.5. The van der Waals surface area contributed by atoms with Gasteiger partial charge in [-0.3, -0.25) is 4.18 Å². The van der Waals surface area contributed by atoms with Gasteiger partial charge >= 0.3 is 0 Å². The van der Waals surface area contributed by atoms with Crippen LogP contribution in [0.4, 0.5) is 0 Å². The van der Waals surface area contributed by atoms with Crippen LogP contribution in [0.3, 0.4) is 0 Å². The number of rotatable bonds is 8. The SMILES string of the molecule is C=CCN.C=CCNCC.CCO.CCOS(=O)(=O)c1ccc(C)cc1.O=S(=O)(Cl)c1ccccc1. The van der Waals surface area contributed by atoms with Crippen LogP contribution >= 0.6 is 10.7 Å². The fraction of sp³-hybridized carbons (Fsp3) is 0.360. The van der Waals surface area contributed by atoms with Gasteiger partial charge in [0.2, 0.25) is 0 Å². The van der Waals surface area contributed by atoms with Crippen molar-refractivity contribution >= 4 is 29.9 Å². The average molecular weight is 565 g/mol. The maximum atomic E-state index is 11.3. The molecule has 0 unspecified atom stereocenters. The van der Waals surface area contributed by atoms with Crippen molar-refractivity contribution < 1.29 is 26.1 Å². The van der Waals surface area contributed by atoms with Gasteiger partial charge in [0.25, 0.3) is 19.2 Å². The highest BCUT2D eigenvalue weighted by Crippen LogP contribution is 2.13. The molecule has 2 aromatic carbocycles. The lowest BCUT2D eigenvalue weighted by molar-refractivity contribution is 0.318. The molecule has 0 fully saturated rings. The number of halogens is 1. The summed E-state index contributed by atoms with van der Waals surface area (Å²) in [6, 6.07) is 14.4. The maximum absolute atomic E-state index is 11.3. The minimum atomic E-state index is -3.53. The highest BCUT2D eigenvalue weighted by molar-refractivity contribution is 8.13. The number of hydrogen-bond acceptors (Lipinski definition) is 8. The van der Waals surface area contributed by atoms with Crippen molar-refractivity contribution in [1.29, 1.82) is 0 Å². The highest BCUT2D eigenvalue weighted by Gasteiger charge is 2.12. The smallest absolute Gasteiger partial charge is 0.296 e. The molecule has 0 aliphatic rings. The van der Waals surface area contributed by atoms with Crippen molar-refractivity contribution in [2.75, 3.05) is 32.8 Å². The van der Waals surface area contributed by atoms with E-state index in [0.29, 0.717) is 6.54 Å². The van der Waals surface area contributed by atoms with Crippen molar-refractivity contribution in [2.45, 2.75) is 37.5 Å². The van der Waals surface area contributed by atoms with Gasteiger partial charge in [-0.25, -0.2) is 8.42 Å². The summed E-state index contributed by atoms with van der Waals surface area (Å²) in [5, 5.41) is 10.6. The van der Waals surface area contributed by atoms with Crippen LogP contribution in [-0.2, 0) is 23.4 Å². The molecule has 0 aliphatic heterocycles. The van der Waals surface area contributed by atoms with E-state index >= 15 is 0 Å².